The molecule has 0 fully saturated rings. The van der Waals surface area contributed by atoms with E-state index in [1.165, 1.54) is 0 Å². The second-order valence-corrected chi connectivity index (χ2v) is 9.09. The van der Waals surface area contributed by atoms with Crippen molar-refractivity contribution in [2.24, 2.45) is 5.41 Å². The number of amides is 1. The maximum Gasteiger partial charge on any atom is 0.407 e. The Balaban J connectivity index is 4.60. The van der Waals surface area contributed by atoms with Crippen molar-refractivity contribution >= 4 is 16.2 Å². The number of ether oxygens (including phenoxy) is 1. The molecule has 1 amide bonds. The van der Waals surface area contributed by atoms with Gasteiger partial charge in [-0.25, -0.2) is 4.79 Å². The molecule has 0 aromatic carbocycles. The molecule has 0 rings (SSSR count). The molecule has 1 unspecified atom stereocenters. The van der Waals surface area contributed by atoms with Crippen LogP contribution in [0.15, 0.2) is 0 Å². The van der Waals surface area contributed by atoms with Gasteiger partial charge in [-0.05, 0) is 45.4 Å². The summed E-state index contributed by atoms with van der Waals surface area (Å²) in [5.74, 6) is -0.377. The van der Waals surface area contributed by atoms with Gasteiger partial charge in [0.15, 0.2) is 0 Å². The minimum absolute atomic E-state index is 0.0753. The van der Waals surface area contributed by atoms with Crippen LogP contribution >= 0.6 is 0 Å². The maximum absolute atomic E-state index is 11.8. The summed E-state index contributed by atoms with van der Waals surface area (Å²) in [7, 11) is -4.04. The molecule has 0 aliphatic rings. The number of nitrogens with one attached hydrogen (secondary N) is 1. The Morgan fingerprint density at radius 3 is 2.05 bits per heavy atom. The van der Waals surface area contributed by atoms with E-state index in [1.54, 1.807) is 20.8 Å². The lowest BCUT2D eigenvalue weighted by Crippen LogP contribution is -2.40. The van der Waals surface area contributed by atoms with Crippen molar-refractivity contribution in [3.63, 3.8) is 0 Å². The van der Waals surface area contributed by atoms with Crippen LogP contribution in [0.25, 0.3) is 0 Å². The van der Waals surface area contributed by atoms with E-state index in [1.807, 2.05) is 0 Å². The van der Waals surface area contributed by atoms with Gasteiger partial charge in [0.2, 0.25) is 0 Å². The van der Waals surface area contributed by atoms with Crippen molar-refractivity contribution in [3.8, 4) is 0 Å². The summed E-state index contributed by atoms with van der Waals surface area (Å²) in [5, 5.41) is 2.68. The fourth-order valence-electron chi connectivity index (χ4n) is 1.66. The van der Waals surface area contributed by atoms with Crippen LogP contribution in [0.2, 0.25) is 0 Å². The lowest BCUT2D eigenvalue weighted by Gasteiger charge is -2.26. The summed E-state index contributed by atoms with van der Waals surface area (Å²) in [6.07, 6.45) is 1.03. The molecule has 0 aromatic rings. The summed E-state index contributed by atoms with van der Waals surface area (Å²) in [6.45, 7) is 11.5. The molecule has 0 aliphatic heterocycles. The average Bonchev–Trinajstić information content (AvgIpc) is 2.16. The molecule has 126 valence electrons. The number of carbonyl (C=O) groups excluding carboxylic acids is 1. The standard InChI is InChI=1S/C14H29NO5S/c1-13(2,3)9-7-11(8-10-21(17,18)19)15-12(16)20-14(4,5)6/h11H,7-10H2,1-6H3,(H,15,16)(H,17,18,19). The van der Waals surface area contributed by atoms with E-state index in [-0.39, 0.29) is 23.6 Å². The van der Waals surface area contributed by atoms with Gasteiger partial charge >= 0.3 is 6.09 Å². The van der Waals surface area contributed by atoms with Crippen LogP contribution in [-0.2, 0) is 14.9 Å². The first-order valence-electron chi connectivity index (χ1n) is 7.13. The minimum Gasteiger partial charge on any atom is -0.444 e. The van der Waals surface area contributed by atoms with Gasteiger partial charge < -0.3 is 10.1 Å². The number of hydrogen-bond donors (Lipinski definition) is 2. The summed E-state index contributed by atoms with van der Waals surface area (Å²) in [6, 6.07) is -0.346. The highest BCUT2D eigenvalue weighted by molar-refractivity contribution is 7.85. The molecule has 0 saturated carbocycles. The van der Waals surface area contributed by atoms with Gasteiger partial charge in [-0.15, -0.1) is 0 Å². The molecule has 0 aliphatic carbocycles. The van der Waals surface area contributed by atoms with Crippen molar-refractivity contribution in [2.75, 3.05) is 5.75 Å². The molecular weight excluding hydrogens is 294 g/mol. The van der Waals surface area contributed by atoms with Crippen molar-refractivity contribution in [3.05, 3.63) is 0 Å². The highest BCUT2D eigenvalue weighted by Crippen LogP contribution is 2.22. The van der Waals surface area contributed by atoms with E-state index >= 15 is 0 Å². The van der Waals surface area contributed by atoms with Crippen LogP contribution in [0.4, 0.5) is 4.79 Å². The first-order valence-corrected chi connectivity index (χ1v) is 8.73. The van der Waals surface area contributed by atoms with Crippen molar-refractivity contribution < 1.29 is 22.5 Å². The van der Waals surface area contributed by atoms with E-state index in [0.717, 1.165) is 6.42 Å². The average molecular weight is 323 g/mol. The molecule has 2 N–H and O–H groups in total. The monoisotopic (exact) mass is 323 g/mol. The third-order valence-corrected chi connectivity index (χ3v) is 3.44. The van der Waals surface area contributed by atoms with Crippen LogP contribution < -0.4 is 5.32 Å². The molecule has 21 heavy (non-hydrogen) atoms. The zero-order chi connectivity index (χ0) is 16.9. The Morgan fingerprint density at radius 2 is 1.67 bits per heavy atom. The van der Waals surface area contributed by atoms with Gasteiger partial charge in [0.1, 0.15) is 5.60 Å². The normalized spacial score (nSPS) is 14.6. The van der Waals surface area contributed by atoms with E-state index in [2.05, 4.69) is 26.1 Å². The third-order valence-electron chi connectivity index (χ3n) is 2.69. The summed E-state index contributed by atoms with van der Waals surface area (Å²) in [5.41, 5.74) is -0.534. The molecule has 0 saturated heterocycles. The molecule has 7 heteroatoms. The fourth-order valence-corrected chi connectivity index (χ4v) is 2.24. The van der Waals surface area contributed by atoms with E-state index in [9.17, 15) is 13.2 Å². The van der Waals surface area contributed by atoms with E-state index in [4.69, 9.17) is 9.29 Å². The van der Waals surface area contributed by atoms with Gasteiger partial charge in [0, 0.05) is 6.04 Å². The molecule has 0 heterocycles. The molecule has 0 aromatic heterocycles. The largest absolute Gasteiger partial charge is 0.444 e. The molecule has 0 bridgehead atoms. The molecular formula is C14H29NO5S. The summed E-state index contributed by atoms with van der Waals surface area (Å²) < 4.78 is 35.7. The number of rotatable bonds is 6. The fraction of sp³-hybridized carbons (Fsp3) is 0.929. The SMILES string of the molecule is CC(C)(C)CCC(CCS(=O)(=O)O)NC(=O)OC(C)(C)C. The van der Waals surface area contributed by atoms with E-state index in [0.29, 0.717) is 6.42 Å². The van der Waals surface area contributed by atoms with Crippen LogP contribution in [0.1, 0.15) is 60.8 Å². The first kappa shape index (κ1) is 20.2. The highest BCUT2D eigenvalue weighted by Gasteiger charge is 2.22. The molecule has 6 nitrogen and oxygen atoms in total. The van der Waals surface area contributed by atoms with Crippen LogP contribution in [0.3, 0.4) is 0 Å². The third kappa shape index (κ3) is 13.9. The van der Waals surface area contributed by atoms with Crippen LogP contribution in [0.5, 0.6) is 0 Å². The van der Waals surface area contributed by atoms with Crippen LogP contribution in [0, 0.1) is 5.41 Å². The van der Waals surface area contributed by atoms with Gasteiger partial charge in [-0.2, -0.15) is 8.42 Å². The second kappa shape index (κ2) is 7.45. The molecule has 0 spiro atoms. The van der Waals surface area contributed by atoms with Gasteiger partial charge in [-0.3, -0.25) is 4.55 Å². The second-order valence-electron chi connectivity index (χ2n) is 7.52. The number of hydrogen-bond acceptors (Lipinski definition) is 4. The first-order chi connectivity index (χ1) is 9.18. The maximum atomic E-state index is 11.8. The Labute approximate surface area is 128 Å². The lowest BCUT2D eigenvalue weighted by atomic mass is 9.88. The van der Waals surface area contributed by atoms with Gasteiger partial charge in [0.25, 0.3) is 10.1 Å². The lowest BCUT2D eigenvalue weighted by molar-refractivity contribution is 0.0496. The Hall–Kier alpha value is -0.820. The topological polar surface area (TPSA) is 92.7 Å². The Kier molecular flexibility index (Phi) is 7.15. The van der Waals surface area contributed by atoms with Crippen LogP contribution in [-0.4, -0.2) is 36.5 Å². The Morgan fingerprint density at radius 1 is 1.14 bits per heavy atom. The smallest absolute Gasteiger partial charge is 0.407 e. The van der Waals surface area contributed by atoms with Crippen molar-refractivity contribution in [1.82, 2.24) is 5.32 Å². The number of carbonyl (C=O) groups is 1. The van der Waals surface area contributed by atoms with E-state index < -0.39 is 21.8 Å². The predicted octanol–water partition coefficient (Wildman–Crippen LogP) is 2.98. The van der Waals surface area contributed by atoms with Gasteiger partial charge in [0.05, 0.1) is 5.75 Å². The molecule has 0 radical (unpaired) electrons. The molecule has 1 atom stereocenters. The minimum atomic E-state index is -4.04. The summed E-state index contributed by atoms with van der Waals surface area (Å²) in [4.78, 5) is 11.8. The predicted molar refractivity (Wildman–Crippen MR) is 82.9 cm³/mol. The van der Waals surface area contributed by atoms with Crippen molar-refractivity contribution in [2.45, 2.75) is 72.4 Å². The summed E-state index contributed by atoms with van der Waals surface area (Å²) >= 11 is 0. The number of alkyl carbamates (subject to hydrolysis) is 1. The highest BCUT2D eigenvalue weighted by atomic mass is 32.2. The van der Waals surface area contributed by atoms with Crippen molar-refractivity contribution in [1.29, 1.82) is 0 Å². The van der Waals surface area contributed by atoms with Gasteiger partial charge in [-0.1, -0.05) is 20.8 Å². The Bertz CT molecular complexity index is 431. The zero-order valence-corrected chi connectivity index (χ0v) is 14.7. The quantitative estimate of drug-likeness (QED) is 0.733. The zero-order valence-electron chi connectivity index (χ0n) is 13.9.